The van der Waals surface area contributed by atoms with Crippen LogP contribution in [0.5, 0.6) is 0 Å². The van der Waals surface area contributed by atoms with Crippen molar-refractivity contribution >= 4 is 23.3 Å². The molecule has 2 atom stereocenters. The Hall–Kier alpha value is -3.54. The molecule has 194 valence electrons. The second kappa shape index (κ2) is 13.7. The summed E-state index contributed by atoms with van der Waals surface area (Å²) in [5, 5.41) is 14.3. The summed E-state index contributed by atoms with van der Waals surface area (Å²) in [6.07, 6.45) is 3.45. The quantitative estimate of drug-likeness (QED) is 0.202. The first-order valence-corrected chi connectivity index (χ1v) is 12.2. The number of aliphatic imine (C=N–C) groups is 1. The maximum Gasteiger partial charge on any atom is 0.328 e. The average Bonchev–Trinajstić information content (AvgIpc) is 3.36. The molecule has 0 aromatic heterocycles. The number of carbonyl (C=O) groups excluding carboxylic acids is 1. The van der Waals surface area contributed by atoms with Crippen LogP contribution in [0.3, 0.4) is 0 Å². The van der Waals surface area contributed by atoms with Crippen LogP contribution >= 0.6 is 0 Å². The zero-order valence-corrected chi connectivity index (χ0v) is 21.5. The number of hydrogen-bond acceptors (Lipinski definition) is 4. The van der Waals surface area contributed by atoms with E-state index in [1.807, 2.05) is 66.7 Å². The summed E-state index contributed by atoms with van der Waals surface area (Å²) in [6, 6.07) is 25.5. The smallest absolute Gasteiger partial charge is 0.328 e. The predicted molar refractivity (Wildman–Crippen MR) is 143 cm³/mol. The van der Waals surface area contributed by atoms with Crippen LogP contribution in [-0.4, -0.2) is 46.2 Å². The van der Waals surface area contributed by atoms with E-state index in [0.29, 0.717) is 23.5 Å². The first kappa shape index (κ1) is 28.0. The number of hydrogen-bond donors (Lipinski definition) is 1. The fourth-order valence-corrected chi connectivity index (χ4v) is 4.50. The number of carbonyl (C=O) groups is 2. The van der Waals surface area contributed by atoms with E-state index in [4.69, 9.17) is 0 Å². The van der Waals surface area contributed by atoms with E-state index in [9.17, 15) is 14.7 Å². The van der Waals surface area contributed by atoms with Crippen molar-refractivity contribution in [2.45, 2.75) is 37.9 Å². The van der Waals surface area contributed by atoms with Crippen LogP contribution < -0.4 is 0 Å². The molecule has 37 heavy (non-hydrogen) atoms. The van der Waals surface area contributed by atoms with E-state index < -0.39 is 12.0 Å². The molecule has 1 amide bonds. The molecule has 1 N–H and O–H groups in total. The van der Waals surface area contributed by atoms with Gasteiger partial charge in [-0.15, -0.1) is 12.3 Å². The number of likely N-dealkylation sites (tertiary alicyclic amines) is 1. The molecule has 6 nitrogen and oxygen atoms in total. The van der Waals surface area contributed by atoms with Crippen molar-refractivity contribution in [2.24, 2.45) is 4.99 Å². The minimum absolute atomic E-state index is 0. The van der Waals surface area contributed by atoms with Gasteiger partial charge in [-0.3, -0.25) is 9.89 Å². The molecular formula is C30H30N3NiO3-. The number of nitrogens with zero attached hydrogens (tertiary/aromatic N) is 3. The van der Waals surface area contributed by atoms with Gasteiger partial charge in [-0.1, -0.05) is 91.0 Å². The minimum Gasteiger partial charge on any atom is -0.625 e. The molecule has 1 aliphatic rings. The summed E-state index contributed by atoms with van der Waals surface area (Å²) in [5.74, 6) is -1.22. The second-order valence-corrected chi connectivity index (χ2v) is 8.80. The predicted octanol–water partition coefficient (Wildman–Crippen LogP) is 5.75. The molecule has 1 fully saturated rings. The minimum atomic E-state index is -1.03. The first-order valence-electron chi connectivity index (χ1n) is 12.2. The first-order chi connectivity index (χ1) is 17.6. The third-order valence-corrected chi connectivity index (χ3v) is 6.27. The number of para-hydroxylation sites is 1. The number of rotatable bonds is 10. The third kappa shape index (κ3) is 7.25. The molecule has 1 heterocycles. The molecular weight excluding hydrogens is 509 g/mol. The monoisotopic (exact) mass is 538 g/mol. The Bertz CT molecular complexity index is 1230. The second-order valence-electron chi connectivity index (χ2n) is 8.80. The summed E-state index contributed by atoms with van der Waals surface area (Å²) in [7, 11) is 0. The van der Waals surface area contributed by atoms with Crippen LogP contribution in [0.25, 0.3) is 5.32 Å². The zero-order chi connectivity index (χ0) is 25.3. The van der Waals surface area contributed by atoms with Crippen LogP contribution in [0.2, 0.25) is 0 Å². The van der Waals surface area contributed by atoms with Gasteiger partial charge in [0.15, 0.2) is 6.04 Å². The van der Waals surface area contributed by atoms with Gasteiger partial charge in [-0.25, -0.2) is 4.79 Å². The Morgan fingerprint density at radius 2 is 1.68 bits per heavy atom. The van der Waals surface area contributed by atoms with E-state index in [-0.39, 0.29) is 34.9 Å². The van der Waals surface area contributed by atoms with Gasteiger partial charge in [-0.05, 0) is 36.9 Å². The number of amides is 1. The van der Waals surface area contributed by atoms with Crippen molar-refractivity contribution in [3.05, 3.63) is 120 Å². The van der Waals surface area contributed by atoms with Gasteiger partial charge in [0, 0.05) is 28.6 Å². The molecule has 0 aliphatic carbocycles. The third-order valence-electron chi connectivity index (χ3n) is 6.27. The van der Waals surface area contributed by atoms with E-state index in [1.165, 1.54) is 0 Å². The van der Waals surface area contributed by atoms with Gasteiger partial charge in [0.05, 0.1) is 17.7 Å². The summed E-state index contributed by atoms with van der Waals surface area (Å²) in [5.41, 5.74) is 3.52. The molecule has 3 aromatic rings. The number of aliphatic carboxylic acids is 1. The maximum atomic E-state index is 13.4. The average molecular weight is 539 g/mol. The standard InChI is InChI=1S/C30H31N3O3.Ni/c1-2-12-26(30(35)36)31-28(23-15-7-4-8-16-23)24-17-9-10-18-25(24)32-29(34)27-19-11-20-33(27)21-22-13-5-3-6-14-22;/h2-10,13-18,26-27H,1,11-12,19-21H2,(H2,31,32,34,35,36);/p-1/t26-,27-;/m0./s1. The topological polar surface area (TPSA) is 84.1 Å². The van der Waals surface area contributed by atoms with E-state index in [2.05, 4.69) is 33.9 Å². The Kier molecular flexibility index (Phi) is 10.4. The van der Waals surface area contributed by atoms with Crippen LogP contribution in [0, 0.1) is 0 Å². The van der Waals surface area contributed by atoms with Crippen molar-refractivity contribution in [1.82, 2.24) is 4.90 Å². The van der Waals surface area contributed by atoms with Gasteiger partial charge in [0.1, 0.15) is 0 Å². The van der Waals surface area contributed by atoms with Crippen LogP contribution in [0.15, 0.2) is 103 Å². The largest absolute Gasteiger partial charge is 0.625 e. The maximum absolute atomic E-state index is 13.4. The Morgan fingerprint density at radius 1 is 1.03 bits per heavy atom. The van der Waals surface area contributed by atoms with Gasteiger partial charge in [-0.2, -0.15) is 0 Å². The molecule has 1 saturated heterocycles. The van der Waals surface area contributed by atoms with Gasteiger partial charge >= 0.3 is 5.97 Å². The van der Waals surface area contributed by atoms with Crippen LogP contribution in [-0.2, 0) is 32.6 Å². The van der Waals surface area contributed by atoms with Gasteiger partial charge in [0.25, 0.3) is 0 Å². The summed E-state index contributed by atoms with van der Waals surface area (Å²) >= 11 is 0. The van der Waals surface area contributed by atoms with Crippen molar-refractivity contribution < 1.29 is 31.2 Å². The summed E-state index contributed by atoms with van der Waals surface area (Å²) in [6.45, 7) is 5.22. The van der Waals surface area contributed by atoms with Gasteiger partial charge in [0.2, 0.25) is 0 Å². The SMILES string of the molecule is C=CC[C@H](N=C(c1ccccc1)c1ccccc1[N-]C(=O)[C@@H]1CCCN1Cc1ccccc1)C(=O)O.[Ni]. The van der Waals surface area contributed by atoms with Crippen molar-refractivity contribution in [3.8, 4) is 0 Å². The number of benzene rings is 3. The Labute approximate surface area is 228 Å². The fraction of sp³-hybridized carbons (Fsp3) is 0.233. The van der Waals surface area contributed by atoms with Crippen molar-refractivity contribution in [1.29, 1.82) is 0 Å². The molecule has 0 bridgehead atoms. The molecule has 0 spiro atoms. The Balaban J connectivity index is 0.00000380. The molecule has 0 radical (unpaired) electrons. The van der Waals surface area contributed by atoms with Crippen LogP contribution in [0.1, 0.15) is 36.0 Å². The molecule has 0 saturated carbocycles. The number of carboxylic acid groups (broad SMARTS) is 1. The zero-order valence-electron chi connectivity index (χ0n) is 20.5. The fourth-order valence-electron chi connectivity index (χ4n) is 4.50. The van der Waals surface area contributed by atoms with E-state index in [1.54, 1.807) is 12.1 Å². The molecule has 4 rings (SSSR count). The van der Waals surface area contributed by atoms with E-state index >= 15 is 0 Å². The molecule has 0 unspecified atom stereocenters. The van der Waals surface area contributed by atoms with E-state index in [0.717, 1.165) is 30.5 Å². The normalized spacial score (nSPS) is 16.4. The van der Waals surface area contributed by atoms with Gasteiger partial charge < -0.3 is 15.2 Å². The summed E-state index contributed by atoms with van der Waals surface area (Å²) in [4.78, 5) is 32.1. The van der Waals surface area contributed by atoms with Crippen molar-refractivity contribution in [3.63, 3.8) is 0 Å². The number of carboxylic acids is 1. The van der Waals surface area contributed by atoms with Crippen LogP contribution in [0.4, 0.5) is 5.69 Å². The molecule has 7 heteroatoms. The van der Waals surface area contributed by atoms with Crippen molar-refractivity contribution in [2.75, 3.05) is 6.54 Å². The molecule has 3 aromatic carbocycles. The summed E-state index contributed by atoms with van der Waals surface area (Å²) < 4.78 is 0. The Morgan fingerprint density at radius 3 is 2.35 bits per heavy atom. The molecule has 1 aliphatic heterocycles.